The second-order valence-electron chi connectivity index (χ2n) is 5.01. The van der Waals surface area contributed by atoms with Crippen LogP contribution >= 0.6 is 11.8 Å². The van der Waals surface area contributed by atoms with E-state index in [-0.39, 0.29) is 6.04 Å². The zero-order valence-electron chi connectivity index (χ0n) is 11.6. The molecule has 0 fully saturated rings. The molecule has 2 aromatic carbocycles. The van der Waals surface area contributed by atoms with E-state index in [4.69, 9.17) is 5.73 Å². The van der Waals surface area contributed by atoms with Crippen LogP contribution in [0.3, 0.4) is 0 Å². The van der Waals surface area contributed by atoms with E-state index in [1.54, 1.807) is 0 Å². The summed E-state index contributed by atoms with van der Waals surface area (Å²) in [5, 5.41) is 0. The summed E-state index contributed by atoms with van der Waals surface area (Å²) in [6.45, 7) is 4.30. The topological polar surface area (TPSA) is 26.0 Å². The van der Waals surface area contributed by atoms with Crippen molar-refractivity contribution in [1.82, 2.24) is 0 Å². The molecule has 0 saturated heterocycles. The van der Waals surface area contributed by atoms with Crippen LogP contribution in [0.5, 0.6) is 0 Å². The summed E-state index contributed by atoms with van der Waals surface area (Å²) in [4.78, 5) is 1.29. The number of benzene rings is 2. The minimum absolute atomic E-state index is 0.201. The molecule has 0 spiro atoms. The summed E-state index contributed by atoms with van der Waals surface area (Å²) >= 11 is 1.83. The van der Waals surface area contributed by atoms with Crippen molar-refractivity contribution in [1.29, 1.82) is 0 Å². The first-order chi connectivity index (χ1) is 9.15. The first-order valence-electron chi connectivity index (χ1n) is 6.64. The minimum atomic E-state index is 0.201. The molecule has 19 heavy (non-hydrogen) atoms. The third-order valence-electron chi connectivity index (χ3n) is 3.28. The molecule has 0 amide bonds. The van der Waals surface area contributed by atoms with Crippen molar-refractivity contribution < 1.29 is 0 Å². The van der Waals surface area contributed by atoms with Gasteiger partial charge in [0, 0.05) is 16.7 Å². The van der Waals surface area contributed by atoms with Crippen LogP contribution in [0, 0.1) is 13.8 Å². The Balaban J connectivity index is 1.87. The van der Waals surface area contributed by atoms with Crippen molar-refractivity contribution in [3.05, 3.63) is 65.2 Å². The first kappa shape index (κ1) is 14.2. The lowest BCUT2D eigenvalue weighted by atomic mass is 10.0. The predicted molar refractivity (Wildman–Crippen MR) is 84.8 cm³/mol. The van der Waals surface area contributed by atoms with Gasteiger partial charge in [-0.2, -0.15) is 0 Å². The van der Waals surface area contributed by atoms with Crippen LogP contribution in [0.2, 0.25) is 0 Å². The van der Waals surface area contributed by atoms with Crippen LogP contribution in [-0.4, -0.2) is 11.8 Å². The van der Waals surface area contributed by atoms with Crippen molar-refractivity contribution >= 4 is 11.8 Å². The summed E-state index contributed by atoms with van der Waals surface area (Å²) in [6, 6.07) is 17.3. The highest BCUT2D eigenvalue weighted by atomic mass is 32.2. The molecule has 0 heterocycles. The number of nitrogens with two attached hydrogens (primary N) is 1. The molecule has 1 nitrogen and oxygen atoms in total. The molecule has 2 rings (SSSR count). The first-order valence-corrected chi connectivity index (χ1v) is 7.63. The van der Waals surface area contributed by atoms with Crippen molar-refractivity contribution in [2.45, 2.75) is 31.2 Å². The standard InChI is InChI=1S/C17H21NS/c1-13-8-9-15(10-14(13)2)11-16(18)12-19-17-6-4-3-5-7-17/h3-10,16H,11-12,18H2,1-2H3. The maximum Gasteiger partial charge on any atom is 0.0174 e. The van der Waals surface area contributed by atoms with Crippen LogP contribution in [0.15, 0.2) is 53.4 Å². The van der Waals surface area contributed by atoms with Gasteiger partial charge in [-0.05, 0) is 49.1 Å². The third-order valence-corrected chi connectivity index (χ3v) is 4.48. The van der Waals surface area contributed by atoms with Crippen molar-refractivity contribution in [3.8, 4) is 0 Å². The van der Waals surface area contributed by atoms with Gasteiger partial charge in [0.15, 0.2) is 0 Å². The van der Waals surface area contributed by atoms with Crippen LogP contribution in [0.4, 0.5) is 0 Å². The van der Waals surface area contributed by atoms with E-state index in [0.717, 1.165) is 12.2 Å². The van der Waals surface area contributed by atoms with Crippen molar-refractivity contribution in [3.63, 3.8) is 0 Å². The Labute approximate surface area is 120 Å². The quantitative estimate of drug-likeness (QED) is 0.833. The van der Waals surface area contributed by atoms with Gasteiger partial charge in [0.05, 0.1) is 0 Å². The Morgan fingerprint density at radius 2 is 1.74 bits per heavy atom. The summed E-state index contributed by atoms with van der Waals surface area (Å²) < 4.78 is 0. The smallest absolute Gasteiger partial charge is 0.0174 e. The zero-order chi connectivity index (χ0) is 13.7. The Morgan fingerprint density at radius 3 is 2.42 bits per heavy atom. The lowest BCUT2D eigenvalue weighted by Crippen LogP contribution is -2.25. The van der Waals surface area contributed by atoms with E-state index in [1.807, 2.05) is 17.8 Å². The van der Waals surface area contributed by atoms with Crippen LogP contribution in [0.1, 0.15) is 16.7 Å². The van der Waals surface area contributed by atoms with E-state index in [1.165, 1.54) is 21.6 Å². The van der Waals surface area contributed by atoms with Gasteiger partial charge >= 0.3 is 0 Å². The van der Waals surface area contributed by atoms with E-state index >= 15 is 0 Å². The Kier molecular flexibility index (Phi) is 5.06. The minimum Gasteiger partial charge on any atom is -0.327 e. The third kappa shape index (κ3) is 4.41. The maximum atomic E-state index is 6.22. The highest BCUT2D eigenvalue weighted by molar-refractivity contribution is 7.99. The Bertz CT molecular complexity index is 522. The highest BCUT2D eigenvalue weighted by Crippen LogP contribution is 2.19. The predicted octanol–water partition coefficient (Wildman–Crippen LogP) is 3.97. The molecular formula is C17H21NS. The molecule has 0 saturated carbocycles. The summed E-state index contributed by atoms with van der Waals surface area (Å²) in [7, 11) is 0. The van der Waals surface area contributed by atoms with Crippen LogP contribution < -0.4 is 5.73 Å². The number of aryl methyl sites for hydroxylation is 2. The fourth-order valence-electron chi connectivity index (χ4n) is 2.01. The van der Waals surface area contributed by atoms with E-state index in [9.17, 15) is 0 Å². The number of rotatable bonds is 5. The van der Waals surface area contributed by atoms with Gasteiger partial charge in [0.1, 0.15) is 0 Å². The second kappa shape index (κ2) is 6.78. The van der Waals surface area contributed by atoms with Crippen molar-refractivity contribution in [2.75, 3.05) is 5.75 Å². The van der Waals surface area contributed by atoms with Crippen molar-refractivity contribution in [2.24, 2.45) is 5.73 Å². The van der Waals surface area contributed by atoms with Gasteiger partial charge in [-0.25, -0.2) is 0 Å². The molecule has 0 radical (unpaired) electrons. The van der Waals surface area contributed by atoms with Crippen LogP contribution in [0.25, 0.3) is 0 Å². The van der Waals surface area contributed by atoms with Gasteiger partial charge in [0.25, 0.3) is 0 Å². The lowest BCUT2D eigenvalue weighted by molar-refractivity contribution is 0.748. The van der Waals surface area contributed by atoms with E-state index < -0.39 is 0 Å². The number of thioether (sulfide) groups is 1. The Hall–Kier alpha value is -1.25. The molecule has 0 bridgehead atoms. The molecule has 0 aliphatic heterocycles. The molecule has 2 N–H and O–H groups in total. The second-order valence-corrected chi connectivity index (χ2v) is 6.10. The molecule has 2 heteroatoms. The summed E-state index contributed by atoms with van der Waals surface area (Å²) in [5.41, 5.74) is 10.2. The SMILES string of the molecule is Cc1ccc(CC(N)CSc2ccccc2)cc1C. The highest BCUT2D eigenvalue weighted by Gasteiger charge is 2.06. The zero-order valence-corrected chi connectivity index (χ0v) is 12.4. The van der Waals surface area contributed by atoms with Crippen LogP contribution in [-0.2, 0) is 6.42 Å². The lowest BCUT2D eigenvalue weighted by Gasteiger charge is -2.12. The summed E-state index contributed by atoms with van der Waals surface area (Å²) in [5.74, 6) is 0.955. The molecule has 2 aromatic rings. The van der Waals surface area contributed by atoms with Gasteiger partial charge in [-0.1, -0.05) is 36.4 Å². The average Bonchev–Trinajstić information content (AvgIpc) is 2.42. The fourth-order valence-corrected chi connectivity index (χ4v) is 2.89. The average molecular weight is 271 g/mol. The van der Waals surface area contributed by atoms with E-state index in [0.29, 0.717) is 0 Å². The van der Waals surface area contributed by atoms with Gasteiger partial charge in [-0.15, -0.1) is 11.8 Å². The number of hydrogen-bond donors (Lipinski definition) is 1. The molecule has 0 aliphatic rings. The molecule has 1 unspecified atom stereocenters. The fraction of sp³-hybridized carbons (Fsp3) is 0.294. The normalized spacial score (nSPS) is 12.4. The summed E-state index contributed by atoms with van der Waals surface area (Å²) in [6.07, 6.45) is 0.945. The largest absolute Gasteiger partial charge is 0.327 e. The van der Waals surface area contributed by atoms with Gasteiger partial charge in [-0.3, -0.25) is 0 Å². The molecule has 1 atom stereocenters. The monoisotopic (exact) mass is 271 g/mol. The van der Waals surface area contributed by atoms with E-state index in [2.05, 4.69) is 56.3 Å². The maximum absolute atomic E-state index is 6.22. The Morgan fingerprint density at radius 1 is 1.00 bits per heavy atom. The molecule has 100 valence electrons. The van der Waals surface area contributed by atoms with Gasteiger partial charge in [0.2, 0.25) is 0 Å². The molecule has 0 aliphatic carbocycles. The number of hydrogen-bond acceptors (Lipinski definition) is 2. The van der Waals surface area contributed by atoms with Gasteiger partial charge < -0.3 is 5.73 Å². The molecular weight excluding hydrogens is 250 g/mol. The molecule has 0 aromatic heterocycles.